The van der Waals surface area contributed by atoms with Gasteiger partial charge in [0.2, 0.25) is 5.88 Å². The van der Waals surface area contributed by atoms with E-state index < -0.39 is 0 Å². The molecular weight excluding hydrogens is 190 g/mol. The van der Waals surface area contributed by atoms with E-state index in [0.717, 1.165) is 0 Å². The fourth-order valence-corrected chi connectivity index (χ4v) is 0.980. The van der Waals surface area contributed by atoms with Crippen LogP contribution < -0.4 is 4.74 Å². The summed E-state index contributed by atoms with van der Waals surface area (Å²) in [5.41, 5.74) is -0.340. The number of pyridine rings is 1. The van der Waals surface area contributed by atoms with Gasteiger partial charge in [0, 0.05) is 6.07 Å². The van der Waals surface area contributed by atoms with Crippen LogP contribution in [0.1, 0.15) is 20.8 Å². The van der Waals surface area contributed by atoms with E-state index in [1.807, 2.05) is 20.8 Å². The molecule has 1 aromatic rings. The Morgan fingerprint density at radius 1 is 1.46 bits per heavy atom. The molecule has 1 N–H and O–H groups in total. The predicted octanol–water partition coefficient (Wildman–Crippen LogP) is 2.62. The van der Waals surface area contributed by atoms with Gasteiger partial charge < -0.3 is 9.84 Å². The van der Waals surface area contributed by atoms with Gasteiger partial charge in [-0.3, -0.25) is 0 Å². The number of hydrogen-bond acceptors (Lipinski definition) is 3. The molecule has 0 aromatic carbocycles. The fraction of sp³-hybridized carbons (Fsp3) is 0.444. The lowest BCUT2D eigenvalue weighted by Gasteiger charge is -2.20. The van der Waals surface area contributed by atoms with E-state index in [9.17, 15) is 0 Å². The van der Waals surface area contributed by atoms with E-state index in [1.165, 1.54) is 12.3 Å². The van der Waals surface area contributed by atoms with Gasteiger partial charge in [-0.25, -0.2) is 4.98 Å². The van der Waals surface area contributed by atoms with Gasteiger partial charge in [-0.2, -0.15) is 0 Å². The molecule has 0 unspecified atom stereocenters. The Kier molecular flexibility index (Phi) is 2.66. The Hall–Kier alpha value is -0.960. The van der Waals surface area contributed by atoms with Crippen molar-refractivity contribution >= 4 is 11.6 Å². The van der Waals surface area contributed by atoms with Crippen LogP contribution in [0.5, 0.6) is 11.6 Å². The van der Waals surface area contributed by atoms with Crippen LogP contribution in [-0.2, 0) is 0 Å². The number of aromatic hydroxyl groups is 1. The molecule has 0 aliphatic rings. The fourth-order valence-electron chi connectivity index (χ4n) is 0.780. The minimum absolute atomic E-state index is 0.0336. The number of halogens is 1. The van der Waals surface area contributed by atoms with Crippen LogP contribution in [0.3, 0.4) is 0 Å². The quantitative estimate of drug-likeness (QED) is 0.760. The first-order chi connectivity index (χ1) is 5.88. The average Bonchev–Trinajstić information content (AvgIpc) is 1.93. The van der Waals surface area contributed by atoms with Gasteiger partial charge in [0.25, 0.3) is 0 Å². The Morgan fingerprint density at radius 2 is 2.08 bits per heavy atom. The second-order valence-corrected chi connectivity index (χ2v) is 4.10. The van der Waals surface area contributed by atoms with Crippen LogP contribution in [0.15, 0.2) is 12.3 Å². The van der Waals surface area contributed by atoms with Crippen molar-refractivity contribution in [1.29, 1.82) is 0 Å². The van der Waals surface area contributed by atoms with Gasteiger partial charge in [0.1, 0.15) is 16.4 Å². The third-order valence-corrected chi connectivity index (χ3v) is 1.47. The molecule has 0 atom stereocenters. The highest BCUT2D eigenvalue weighted by molar-refractivity contribution is 6.31. The maximum atomic E-state index is 9.03. The SMILES string of the molecule is CC(C)(C)Oc1ncc(O)cc1Cl. The number of aromatic nitrogens is 1. The van der Waals surface area contributed by atoms with Crippen molar-refractivity contribution in [3.8, 4) is 11.6 Å². The molecule has 1 aromatic heterocycles. The van der Waals surface area contributed by atoms with Crippen molar-refractivity contribution in [2.45, 2.75) is 26.4 Å². The van der Waals surface area contributed by atoms with Crippen LogP contribution >= 0.6 is 11.6 Å². The highest BCUT2D eigenvalue weighted by Crippen LogP contribution is 2.27. The molecule has 0 bridgehead atoms. The number of ether oxygens (including phenoxy) is 1. The smallest absolute Gasteiger partial charge is 0.233 e. The molecular formula is C9H12ClNO2. The molecule has 0 aliphatic carbocycles. The monoisotopic (exact) mass is 201 g/mol. The van der Waals surface area contributed by atoms with Gasteiger partial charge in [0.05, 0.1) is 6.20 Å². The van der Waals surface area contributed by atoms with Crippen LogP contribution in [0.2, 0.25) is 5.02 Å². The summed E-state index contributed by atoms with van der Waals surface area (Å²) in [6, 6.07) is 1.40. The maximum Gasteiger partial charge on any atom is 0.233 e. The molecule has 0 saturated carbocycles. The second kappa shape index (κ2) is 3.42. The van der Waals surface area contributed by atoms with Gasteiger partial charge in [-0.15, -0.1) is 0 Å². The zero-order chi connectivity index (χ0) is 10.1. The molecule has 13 heavy (non-hydrogen) atoms. The molecule has 1 heterocycles. The summed E-state index contributed by atoms with van der Waals surface area (Å²) in [5.74, 6) is 0.373. The van der Waals surface area contributed by atoms with Crippen molar-refractivity contribution in [3.05, 3.63) is 17.3 Å². The summed E-state index contributed by atoms with van der Waals surface area (Å²) in [5, 5.41) is 9.35. The lowest BCUT2D eigenvalue weighted by Crippen LogP contribution is -2.23. The minimum atomic E-state index is -0.340. The van der Waals surface area contributed by atoms with Crippen molar-refractivity contribution in [2.75, 3.05) is 0 Å². The maximum absolute atomic E-state index is 9.03. The predicted molar refractivity (Wildman–Crippen MR) is 51.3 cm³/mol. The standard InChI is InChI=1S/C9H12ClNO2/c1-9(2,3)13-8-7(10)4-6(12)5-11-8/h4-5,12H,1-3H3. The number of rotatable bonds is 1. The van der Waals surface area contributed by atoms with E-state index in [4.69, 9.17) is 21.4 Å². The van der Waals surface area contributed by atoms with Crippen LogP contribution in [0, 0.1) is 0 Å². The Labute approximate surface area is 82.3 Å². The lowest BCUT2D eigenvalue weighted by atomic mass is 10.2. The molecule has 3 nitrogen and oxygen atoms in total. The van der Waals surface area contributed by atoms with Crippen molar-refractivity contribution in [2.24, 2.45) is 0 Å². The second-order valence-electron chi connectivity index (χ2n) is 3.69. The minimum Gasteiger partial charge on any atom is -0.506 e. The summed E-state index contributed by atoms with van der Waals surface area (Å²) >= 11 is 5.79. The van der Waals surface area contributed by atoms with Gasteiger partial charge >= 0.3 is 0 Å². The molecule has 72 valence electrons. The summed E-state index contributed by atoms with van der Waals surface area (Å²) < 4.78 is 5.43. The molecule has 0 fully saturated rings. The van der Waals surface area contributed by atoms with Gasteiger partial charge in [0.15, 0.2) is 0 Å². The first-order valence-electron chi connectivity index (χ1n) is 3.92. The van der Waals surface area contributed by atoms with Crippen molar-refractivity contribution < 1.29 is 9.84 Å². The van der Waals surface area contributed by atoms with Crippen LogP contribution in [0.4, 0.5) is 0 Å². The summed E-state index contributed by atoms with van der Waals surface area (Å²) in [7, 11) is 0. The van der Waals surface area contributed by atoms with Crippen LogP contribution in [0.25, 0.3) is 0 Å². The van der Waals surface area contributed by atoms with Gasteiger partial charge in [-0.05, 0) is 20.8 Å². The van der Waals surface area contributed by atoms with Crippen molar-refractivity contribution in [3.63, 3.8) is 0 Å². The van der Waals surface area contributed by atoms with E-state index in [1.54, 1.807) is 0 Å². The topological polar surface area (TPSA) is 42.4 Å². The Morgan fingerprint density at radius 3 is 2.54 bits per heavy atom. The highest BCUT2D eigenvalue weighted by Gasteiger charge is 2.15. The molecule has 0 amide bonds. The van der Waals surface area contributed by atoms with E-state index in [0.29, 0.717) is 10.9 Å². The summed E-state index contributed by atoms with van der Waals surface area (Å²) in [6.07, 6.45) is 1.30. The van der Waals surface area contributed by atoms with Crippen LogP contribution in [-0.4, -0.2) is 15.7 Å². The molecule has 0 spiro atoms. The normalized spacial score (nSPS) is 11.4. The summed E-state index contributed by atoms with van der Waals surface area (Å²) in [6.45, 7) is 5.70. The van der Waals surface area contributed by atoms with Gasteiger partial charge in [-0.1, -0.05) is 11.6 Å². The first kappa shape index (κ1) is 10.1. The van der Waals surface area contributed by atoms with E-state index >= 15 is 0 Å². The van der Waals surface area contributed by atoms with Crippen molar-refractivity contribution in [1.82, 2.24) is 4.98 Å². The average molecular weight is 202 g/mol. The van der Waals surface area contributed by atoms with E-state index in [-0.39, 0.29) is 11.4 Å². The third-order valence-electron chi connectivity index (χ3n) is 1.20. The Balaban J connectivity index is 2.90. The molecule has 1 rings (SSSR count). The zero-order valence-electron chi connectivity index (χ0n) is 7.84. The third kappa shape index (κ3) is 3.11. The molecule has 0 aliphatic heterocycles. The zero-order valence-corrected chi connectivity index (χ0v) is 8.59. The largest absolute Gasteiger partial charge is 0.506 e. The van der Waals surface area contributed by atoms with E-state index in [2.05, 4.69) is 4.98 Å². The number of hydrogen-bond donors (Lipinski definition) is 1. The summed E-state index contributed by atoms with van der Waals surface area (Å²) in [4.78, 5) is 3.86. The molecule has 4 heteroatoms. The Bertz CT molecular complexity index is 307. The molecule has 0 radical (unpaired) electrons. The highest BCUT2D eigenvalue weighted by atomic mass is 35.5. The molecule has 0 saturated heterocycles. The first-order valence-corrected chi connectivity index (χ1v) is 4.30. The number of nitrogens with zero attached hydrogens (tertiary/aromatic N) is 1. The lowest BCUT2D eigenvalue weighted by molar-refractivity contribution is 0.124.